The fourth-order valence-electron chi connectivity index (χ4n) is 4.17. The molecule has 0 saturated carbocycles. The van der Waals surface area contributed by atoms with Gasteiger partial charge in [0.15, 0.2) is 0 Å². The van der Waals surface area contributed by atoms with Gasteiger partial charge in [0.1, 0.15) is 5.78 Å². The van der Waals surface area contributed by atoms with E-state index in [9.17, 15) is 19.7 Å². The number of para-hydroxylation sites is 2. The predicted octanol–water partition coefficient (Wildman–Crippen LogP) is 4.37. The van der Waals surface area contributed by atoms with Crippen LogP contribution in [0.1, 0.15) is 37.8 Å². The van der Waals surface area contributed by atoms with Gasteiger partial charge >= 0.3 is 0 Å². The van der Waals surface area contributed by atoms with Crippen LogP contribution < -0.4 is 10.2 Å². The number of nitro groups is 1. The number of nitrogens with zero attached hydrogens (tertiary/aromatic N) is 2. The van der Waals surface area contributed by atoms with Crippen LogP contribution in [0.5, 0.6) is 0 Å². The Morgan fingerprint density at radius 1 is 1.24 bits per heavy atom. The Bertz CT molecular complexity index is 1030. The van der Waals surface area contributed by atoms with Crippen molar-refractivity contribution >= 4 is 28.8 Å². The number of anilines is 2. The number of hydrogen-bond acceptors (Lipinski definition) is 5. The quantitative estimate of drug-likeness (QED) is 0.620. The number of nitro benzene ring substituents is 1. The average Bonchev–Trinajstić information content (AvgIpc) is 2.88. The fourth-order valence-corrected chi connectivity index (χ4v) is 4.17. The van der Waals surface area contributed by atoms with Crippen LogP contribution in [0.15, 0.2) is 60.3 Å². The Kier molecular flexibility index (Phi) is 4.88. The zero-order chi connectivity index (χ0) is 20.5. The summed E-state index contributed by atoms with van der Waals surface area (Å²) in [5, 5.41) is 14.7. The van der Waals surface area contributed by atoms with Crippen LogP contribution >= 0.6 is 0 Å². The number of nitrogens with one attached hydrogen (secondary N) is 1. The summed E-state index contributed by atoms with van der Waals surface area (Å²) in [7, 11) is 0. The highest BCUT2D eigenvalue weighted by Crippen LogP contribution is 2.46. The topological polar surface area (TPSA) is 92.6 Å². The van der Waals surface area contributed by atoms with Gasteiger partial charge in [0, 0.05) is 30.7 Å². The monoisotopic (exact) mass is 391 g/mol. The van der Waals surface area contributed by atoms with E-state index in [0.29, 0.717) is 24.1 Å². The number of allylic oxidation sites excluding steroid dienone is 1. The second-order valence-corrected chi connectivity index (χ2v) is 7.20. The van der Waals surface area contributed by atoms with Gasteiger partial charge in [-0.25, -0.2) is 0 Å². The molecule has 0 saturated heterocycles. The van der Waals surface area contributed by atoms with E-state index in [2.05, 4.69) is 5.32 Å². The Morgan fingerprint density at radius 2 is 2.03 bits per heavy atom. The van der Waals surface area contributed by atoms with Crippen molar-refractivity contribution in [1.29, 1.82) is 0 Å². The van der Waals surface area contributed by atoms with Crippen LogP contribution in [0.3, 0.4) is 0 Å². The number of amides is 1. The van der Waals surface area contributed by atoms with Gasteiger partial charge in [-0.05, 0) is 24.1 Å². The Balaban J connectivity index is 1.98. The number of Topliss-reactive ketones (excluding diaryl/α,β-unsaturated/α-hetero) is 1. The predicted molar refractivity (Wildman–Crippen MR) is 109 cm³/mol. The molecule has 1 aliphatic heterocycles. The molecule has 1 amide bonds. The third kappa shape index (κ3) is 3.29. The van der Waals surface area contributed by atoms with E-state index in [4.69, 9.17) is 0 Å². The number of fused-ring (bicyclic) bond motifs is 2. The van der Waals surface area contributed by atoms with Crippen molar-refractivity contribution in [2.45, 2.75) is 32.2 Å². The molecule has 2 aromatic carbocycles. The van der Waals surface area contributed by atoms with E-state index in [-0.39, 0.29) is 23.8 Å². The summed E-state index contributed by atoms with van der Waals surface area (Å²) >= 11 is 0. The van der Waals surface area contributed by atoms with Crippen LogP contribution in [-0.2, 0) is 9.59 Å². The molecule has 1 heterocycles. The summed E-state index contributed by atoms with van der Waals surface area (Å²) in [5.41, 5.74) is 2.67. The molecule has 29 heavy (non-hydrogen) atoms. The fraction of sp³-hybridized carbons (Fsp3) is 0.273. The minimum Gasteiger partial charge on any atom is -0.357 e. The van der Waals surface area contributed by atoms with Crippen LogP contribution in [0.4, 0.5) is 17.1 Å². The second-order valence-electron chi connectivity index (χ2n) is 7.20. The lowest BCUT2D eigenvalue weighted by Crippen LogP contribution is -2.41. The smallest absolute Gasteiger partial charge is 0.269 e. The van der Waals surface area contributed by atoms with Crippen molar-refractivity contribution < 1.29 is 14.5 Å². The molecule has 0 bridgehead atoms. The minimum atomic E-state index is -0.655. The second kappa shape index (κ2) is 7.50. The highest BCUT2D eigenvalue weighted by atomic mass is 16.6. The van der Waals surface area contributed by atoms with Gasteiger partial charge in [-0.2, -0.15) is 0 Å². The van der Waals surface area contributed by atoms with Crippen molar-refractivity contribution in [3.8, 4) is 0 Å². The minimum absolute atomic E-state index is 0.0215. The molecule has 0 spiro atoms. The Labute approximate surface area is 168 Å². The molecule has 7 heteroatoms. The molecule has 148 valence electrons. The molecule has 1 N–H and O–H groups in total. The number of non-ortho nitro benzene ring substituents is 1. The number of carbonyl (C=O) groups excluding carboxylic acids is 2. The molecule has 0 radical (unpaired) electrons. The highest BCUT2D eigenvalue weighted by Gasteiger charge is 2.43. The van der Waals surface area contributed by atoms with Crippen molar-refractivity contribution in [3.05, 3.63) is 76.0 Å². The number of ketones is 1. The number of hydrogen-bond donors (Lipinski definition) is 1. The third-order valence-electron chi connectivity index (χ3n) is 5.47. The van der Waals surface area contributed by atoms with Crippen LogP contribution in [0, 0.1) is 16.0 Å². The van der Waals surface area contributed by atoms with E-state index < -0.39 is 16.9 Å². The van der Waals surface area contributed by atoms with Crippen LogP contribution in [-0.4, -0.2) is 16.6 Å². The standard InChI is InChI=1S/C22H21N3O4/c1-2-20(27)24-18-11-4-3-9-16(18)23-17-10-6-12-19(26)21(17)22(24)14-7-5-8-15(13-14)25(28)29/h3-5,7-11,13,21-23H,2,6,12H2,1H3/t21-,22+/m0/s1. The van der Waals surface area contributed by atoms with Gasteiger partial charge in [0.25, 0.3) is 5.69 Å². The molecular formula is C22H21N3O4. The first-order chi connectivity index (χ1) is 14.0. The first-order valence-corrected chi connectivity index (χ1v) is 9.66. The molecule has 0 unspecified atom stereocenters. The lowest BCUT2D eigenvalue weighted by Gasteiger charge is -2.36. The Morgan fingerprint density at radius 3 is 2.79 bits per heavy atom. The molecule has 4 rings (SSSR count). The maximum Gasteiger partial charge on any atom is 0.269 e. The van der Waals surface area contributed by atoms with E-state index in [1.165, 1.54) is 12.1 Å². The van der Waals surface area contributed by atoms with Crippen molar-refractivity contribution in [1.82, 2.24) is 0 Å². The summed E-state index contributed by atoms with van der Waals surface area (Å²) < 4.78 is 0. The first-order valence-electron chi connectivity index (χ1n) is 9.66. The highest BCUT2D eigenvalue weighted by molar-refractivity contribution is 6.01. The summed E-state index contributed by atoms with van der Waals surface area (Å²) in [5.74, 6) is -0.725. The lowest BCUT2D eigenvalue weighted by molar-refractivity contribution is -0.384. The van der Waals surface area contributed by atoms with Crippen LogP contribution in [0.25, 0.3) is 0 Å². The van der Waals surface area contributed by atoms with Gasteiger partial charge in [-0.3, -0.25) is 19.7 Å². The zero-order valence-electron chi connectivity index (χ0n) is 16.0. The summed E-state index contributed by atoms with van der Waals surface area (Å²) in [6.07, 6.45) is 3.25. The maximum atomic E-state index is 13.1. The SMILES string of the molecule is CCC(=O)N1c2ccccc2NC2=CCCC(=O)[C@H]2[C@H]1c1cccc([N+](=O)[O-])c1. The molecule has 0 aromatic heterocycles. The molecule has 1 aliphatic carbocycles. The molecule has 2 atom stereocenters. The van der Waals surface area contributed by atoms with Crippen molar-refractivity contribution in [2.24, 2.45) is 5.92 Å². The summed E-state index contributed by atoms with van der Waals surface area (Å²) in [6.45, 7) is 1.77. The Hall–Kier alpha value is -3.48. The summed E-state index contributed by atoms with van der Waals surface area (Å²) in [6, 6.07) is 13.0. The maximum absolute atomic E-state index is 13.1. The van der Waals surface area contributed by atoms with Crippen LogP contribution in [0.2, 0.25) is 0 Å². The zero-order valence-corrected chi connectivity index (χ0v) is 16.0. The average molecular weight is 391 g/mol. The first kappa shape index (κ1) is 18.9. The van der Waals surface area contributed by atoms with E-state index in [1.54, 1.807) is 24.0 Å². The molecule has 7 nitrogen and oxygen atoms in total. The van der Waals surface area contributed by atoms with Crippen molar-refractivity contribution in [2.75, 3.05) is 10.2 Å². The normalized spacial score (nSPS) is 20.7. The number of benzene rings is 2. The van der Waals surface area contributed by atoms with Gasteiger partial charge in [-0.1, -0.05) is 37.3 Å². The lowest BCUT2D eigenvalue weighted by atomic mass is 9.81. The number of rotatable bonds is 3. The summed E-state index contributed by atoms with van der Waals surface area (Å²) in [4.78, 5) is 38.7. The molecule has 0 fully saturated rings. The van der Waals surface area contributed by atoms with E-state index in [1.807, 2.05) is 30.3 Å². The largest absolute Gasteiger partial charge is 0.357 e. The van der Waals surface area contributed by atoms with Gasteiger partial charge < -0.3 is 10.2 Å². The third-order valence-corrected chi connectivity index (χ3v) is 5.47. The molecular weight excluding hydrogens is 370 g/mol. The van der Waals surface area contributed by atoms with Gasteiger partial charge in [0.05, 0.1) is 28.3 Å². The molecule has 2 aliphatic rings. The van der Waals surface area contributed by atoms with Gasteiger partial charge in [0.2, 0.25) is 5.91 Å². The molecule has 2 aromatic rings. The van der Waals surface area contributed by atoms with E-state index in [0.717, 1.165) is 11.4 Å². The van der Waals surface area contributed by atoms with E-state index >= 15 is 0 Å². The van der Waals surface area contributed by atoms with Gasteiger partial charge in [-0.15, -0.1) is 0 Å². The van der Waals surface area contributed by atoms with Crippen molar-refractivity contribution in [3.63, 3.8) is 0 Å². The number of carbonyl (C=O) groups is 2.